The maximum atomic E-state index is 12.9. The molecule has 192 valence electrons. The number of amides is 2. The summed E-state index contributed by atoms with van der Waals surface area (Å²) >= 11 is 0. The quantitative estimate of drug-likeness (QED) is 0.537. The van der Waals surface area contributed by atoms with Crippen LogP contribution in [-0.4, -0.2) is 78.1 Å². The van der Waals surface area contributed by atoms with Gasteiger partial charge in [0.1, 0.15) is 5.75 Å². The molecular formula is C26H32N4O6. The molecule has 0 aliphatic carbocycles. The zero-order valence-electron chi connectivity index (χ0n) is 21.0. The molecule has 2 N–H and O–H groups in total. The van der Waals surface area contributed by atoms with Crippen molar-refractivity contribution in [3.05, 3.63) is 59.3 Å². The van der Waals surface area contributed by atoms with Crippen LogP contribution in [0.1, 0.15) is 11.6 Å². The van der Waals surface area contributed by atoms with E-state index in [0.717, 1.165) is 37.6 Å². The van der Waals surface area contributed by atoms with Crippen LogP contribution >= 0.6 is 0 Å². The van der Waals surface area contributed by atoms with Crippen LogP contribution in [0.3, 0.4) is 0 Å². The van der Waals surface area contributed by atoms with E-state index in [-0.39, 0.29) is 6.03 Å². The lowest BCUT2D eigenvalue weighted by Gasteiger charge is -2.38. The van der Waals surface area contributed by atoms with Gasteiger partial charge in [-0.05, 0) is 42.0 Å². The van der Waals surface area contributed by atoms with Crippen molar-refractivity contribution in [3.63, 3.8) is 0 Å². The van der Waals surface area contributed by atoms with Gasteiger partial charge in [-0.3, -0.25) is 4.90 Å². The lowest BCUT2D eigenvalue weighted by molar-refractivity contribution is -0.136. The Morgan fingerprint density at radius 3 is 2.22 bits per heavy atom. The summed E-state index contributed by atoms with van der Waals surface area (Å²) < 4.78 is 21.1. The van der Waals surface area contributed by atoms with E-state index in [1.807, 2.05) is 24.3 Å². The molecule has 1 unspecified atom stereocenters. The maximum Gasteiger partial charge on any atom is 0.338 e. The fourth-order valence-corrected chi connectivity index (χ4v) is 4.56. The molecule has 0 saturated carbocycles. The monoisotopic (exact) mass is 496 g/mol. The molecule has 1 atom stereocenters. The number of hydrogen-bond acceptors (Lipinski definition) is 8. The summed E-state index contributed by atoms with van der Waals surface area (Å²) in [4.78, 5) is 30.1. The molecule has 1 saturated heterocycles. The van der Waals surface area contributed by atoms with Gasteiger partial charge in [-0.1, -0.05) is 6.07 Å². The third-order valence-electron chi connectivity index (χ3n) is 6.49. The summed E-state index contributed by atoms with van der Waals surface area (Å²) in [6.45, 7) is 3.59. The number of methoxy groups -OCH3 is 4. The number of benzene rings is 2. The van der Waals surface area contributed by atoms with Gasteiger partial charge < -0.3 is 34.5 Å². The van der Waals surface area contributed by atoms with Crippen molar-refractivity contribution < 1.29 is 28.5 Å². The molecule has 2 aromatic carbocycles. The summed E-state index contributed by atoms with van der Waals surface area (Å²) in [5, 5.41) is 5.69. The van der Waals surface area contributed by atoms with Crippen LogP contribution in [0.25, 0.3) is 0 Å². The van der Waals surface area contributed by atoms with E-state index in [9.17, 15) is 9.59 Å². The van der Waals surface area contributed by atoms with Crippen molar-refractivity contribution in [1.82, 2.24) is 15.5 Å². The number of carbonyl (C=O) groups excluding carboxylic acids is 2. The van der Waals surface area contributed by atoms with Crippen LogP contribution in [-0.2, 0) is 9.53 Å². The molecule has 4 rings (SSSR count). The van der Waals surface area contributed by atoms with Gasteiger partial charge in [0.05, 0.1) is 40.1 Å². The Bertz CT molecular complexity index is 1130. The second-order valence-electron chi connectivity index (χ2n) is 8.49. The fourth-order valence-electron chi connectivity index (χ4n) is 4.56. The predicted octanol–water partition coefficient (Wildman–Crippen LogP) is 2.32. The Labute approximate surface area is 210 Å². The van der Waals surface area contributed by atoms with Gasteiger partial charge in [-0.2, -0.15) is 0 Å². The molecule has 2 amide bonds. The minimum Gasteiger partial charge on any atom is -0.497 e. The first kappa shape index (κ1) is 25.2. The highest BCUT2D eigenvalue weighted by atomic mass is 16.5. The number of urea groups is 1. The molecule has 10 nitrogen and oxygen atoms in total. The number of piperazine rings is 1. The molecule has 1 fully saturated rings. The highest BCUT2D eigenvalue weighted by Crippen LogP contribution is 2.34. The van der Waals surface area contributed by atoms with E-state index in [2.05, 4.69) is 20.4 Å². The number of anilines is 1. The van der Waals surface area contributed by atoms with Crippen molar-refractivity contribution in [2.75, 3.05) is 66.1 Å². The van der Waals surface area contributed by atoms with E-state index < -0.39 is 12.0 Å². The first-order valence-corrected chi connectivity index (χ1v) is 11.7. The lowest BCUT2D eigenvalue weighted by Crippen LogP contribution is -2.51. The molecular weight excluding hydrogens is 464 g/mol. The summed E-state index contributed by atoms with van der Waals surface area (Å²) in [7, 11) is 6.08. The van der Waals surface area contributed by atoms with Crippen molar-refractivity contribution in [3.8, 4) is 17.2 Å². The number of carbonyl (C=O) groups is 2. The standard InChI is InChI=1S/C26H32N4O6/c1-33-19-8-6-18(7-9-19)30-13-11-29(12-14-30)16-20-23(25(31)36-4)24(28-26(32)27-20)17-5-10-21(34-2)22(15-17)35-3/h5-10,15,24H,11-14,16H2,1-4H3,(H2,27,28,32). The highest BCUT2D eigenvalue weighted by Gasteiger charge is 2.35. The van der Waals surface area contributed by atoms with Crippen LogP contribution in [0, 0.1) is 0 Å². The smallest absolute Gasteiger partial charge is 0.338 e. The van der Waals surface area contributed by atoms with Crippen LogP contribution in [0.15, 0.2) is 53.7 Å². The average molecular weight is 497 g/mol. The number of esters is 1. The molecule has 0 aromatic heterocycles. The van der Waals surface area contributed by atoms with Gasteiger partial charge in [-0.15, -0.1) is 0 Å². The number of rotatable bonds is 8. The minimum absolute atomic E-state index is 0.363. The third-order valence-corrected chi connectivity index (χ3v) is 6.49. The van der Waals surface area contributed by atoms with Gasteiger partial charge in [0.15, 0.2) is 11.5 Å². The molecule has 2 aliphatic rings. The molecule has 0 spiro atoms. The van der Waals surface area contributed by atoms with E-state index in [1.165, 1.54) is 14.2 Å². The Hall–Kier alpha value is -3.92. The van der Waals surface area contributed by atoms with Crippen molar-refractivity contribution in [2.24, 2.45) is 0 Å². The maximum absolute atomic E-state index is 12.9. The number of nitrogens with one attached hydrogen (secondary N) is 2. The Balaban J connectivity index is 1.55. The van der Waals surface area contributed by atoms with E-state index in [4.69, 9.17) is 18.9 Å². The fraction of sp³-hybridized carbons (Fsp3) is 0.385. The zero-order valence-corrected chi connectivity index (χ0v) is 21.0. The Kier molecular flexibility index (Phi) is 7.84. The van der Waals surface area contributed by atoms with Gasteiger partial charge in [-0.25, -0.2) is 9.59 Å². The lowest BCUT2D eigenvalue weighted by atomic mass is 9.94. The molecule has 2 aliphatic heterocycles. The zero-order chi connectivity index (χ0) is 25.7. The van der Waals surface area contributed by atoms with Crippen LogP contribution in [0.4, 0.5) is 10.5 Å². The minimum atomic E-state index is -0.693. The number of ether oxygens (including phenoxy) is 4. The van der Waals surface area contributed by atoms with E-state index in [0.29, 0.717) is 34.9 Å². The summed E-state index contributed by atoms with van der Waals surface area (Å²) in [5.41, 5.74) is 2.71. The normalized spacial score (nSPS) is 18.3. The molecule has 2 aromatic rings. The average Bonchev–Trinajstić information content (AvgIpc) is 2.92. The van der Waals surface area contributed by atoms with Gasteiger partial charge in [0, 0.05) is 44.1 Å². The molecule has 0 radical (unpaired) electrons. The topological polar surface area (TPSA) is 102 Å². The van der Waals surface area contributed by atoms with Crippen LogP contribution in [0.2, 0.25) is 0 Å². The molecule has 36 heavy (non-hydrogen) atoms. The first-order chi connectivity index (χ1) is 17.5. The predicted molar refractivity (Wildman–Crippen MR) is 135 cm³/mol. The largest absolute Gasteiger partial charge is 0.497 e. The second-order valence-corrected chi connectivity index (χ2v) is 8.49. The summed E-state index contributed by atoms with van der Waals surface area (Å²) in [5.74, 6) is 1.38. The first-order valence-electron chi connectivity index (χ1n) is 11.7. The molecule has 0 bridgehead atoms. The third kappa shape index (κ3) is 5.33. The van der Waals surface area contributed by atoms with Crippen LogP contribution in [0.5, 0.6) is 17.2 Å². The number of hydrogen-bond donors (Lipinski definition) is 2. The van der Waals surface area contributed by atoms with Crippen molar-refractivity contribution in [2.45, 2.75) is 6.04 Å². The molecule has 10 heteroatoms. The Morgan fingerprint density at radius 2 is 1.61 bits per heavy atom. The number of nitrogens with zero attached hydrogens (tertiary/aromatic N) is 2. The van der Waals surface area contributed by atoms with Crippen LogP contribution < -0.4 is 29.7 Å². The van der Waals surface area contributed by atoms with E-state index >= 15 is 0 Å². The Morgan fingerprint density at radius 1 is 0.917 bits per heavy atom. The molecule has 2 heterocycles. The SMILES string of the molecule is COC(=O)C1=C(CN2CCN(c3ccc(OC)cc3)CC2)NC(=O)NC1c1ccc(OC)c(OC)c1. The van der Waals surface area contributed by atoms with Gasteiger partial charge in [0.25, 0.3) is 0 Å². The van der Waals surface area contributed by atoms with Gasteiger partial charge in [0.2, 0.25) is 0 Å². The second kappa shape index (κ2) is 11.2. The van der Waals surface area contributed by atoms with Crippen molar-refractivity contribution >= 4 is 17.7 Å². The highest BCUT2D eigenvalue weighted by molar-refractivity contribution is 5.95. The van der Waals surface area contributed by atoms with E-state index in [1.54, 1.807) is 32.4 Å². The van der Waals surface area contributed by atoms with Crippen molar-refractivity contribution in [1.29, 1.82) is 0 Å². The summed E-state index contributed by atoms with van der Waals surface area (Å²) in [6.07, 6.45) is 0. The van der Waals surface area contributed by atoms with Gasteiger partial charge >= 0.3 is 12.0 Å². The summed E-state index contributed by atoms with van der Waals surface area (Å²) in [6, 6.07) is 12.2.